The molecule has 1 heterocycles. The van der Waals surface area contributed by atoms with Crippen molar-refractivity contribution in [1.82, 2.24) is 9.97 Å². The van der Waals surface area contributed by atoms with Gasteiger partial charge in [-0.15, -0.1) is 0 Å². The number of hydrogen-bond donors (Lipinski definition) is 5. The van der Waals surface area contributed by atoms with Gasteiger partial charge >= 0.3 is 0 Å². The maximum Gasteiger partial charge on any atom is 0.206 e. The molecule has 0 aliphatic heterocycles. The number of nitrogens with zero attached hydrogens (tertiary/aromatic N) is 1. The van der Waals surface area contributed by atoms with Crippen molar-refractivity contribution >= 4 is 13.5 Å². The summed E-state index contributed by atoms with van der Waals surface area (Å²) in [5.41, 5.74) is 10.4. The molecule has 0 unspecified atom stereocenters. The molecule has 1 rings (SSSR count). The second kappa shape index (κ2) is 2.42. The Kier molecular flexibility index (Phi) is 1.76. The molecule has 0 radical (unpaired) electrons. The van der Waals surface area contributed by atoms with Gasteiger partial charge in [-0.2, -0.15) is 0 Å². The molecule has 0 amide bonds. The van der Waals surface area contributed by atoms with Crippen molar-refractivity contribution in [3.8, 4) is 0 Å². The fraction of sp³-hybridized carbons (Fsp3) is 0. The summed E-state index contributed by atoms with van der Waals surface area (Å²) in [6, 6.07) is 0. The highest BCUT2D eigenvalue weighted by atomic mass is 31.2. The fourth-order valence-electron chi connectivity index (χ4n) is 0.502. The number of H-pyrrole nitrogens is 1. The number of hydrogen-bond acceptors (Lipinski definition) is 2. The molecule has 0 saturated heterocycles. The molecule has 6 nitrogen and oxygen atoms in total. The van der Waals surface area contributed by atoms with Crippen molar-refractivity contribution in [3.63, 3.8) is 0 Å². The molecule has 0 fully saturated rings. The zero-order valence-electron chi connectivity index (χ0n) is 5.20. The summed E-state index contributed by atoms with van der Waals surface area (Å²) < 4.78 is 0. The number of aromatic nitrogens is 2. The minimum atomic E-state index is -2.70. The highest BCUT2D eigenvalue weighted by Crippen LogP contribution is 2.24. The molecule has 0 aliphatic carbocycles. The lowest BCUT2D eigenvalue weighted by Crippen LogP contribution is -2.13. The number of imidazole rings is 1. The second-order valence-corrected chi connectivity index (χ2v) is 3.61. The summed E-state index contributed by atoms with van der Waals surface area (Å²) in [5.74, 6) is 0.438. The number of nitrogens with one attached hydrogen (secondary N) is 3. The van der Waals surface area contributed by atoms with Crippen LogP contribution in [0.5, 0.6) is 0 Å². The molecular weight excluding hydrogens is 151 g/mol. The molecule has 10 heavy (non-hydrogen) atoms. The van der Waals surface area contributed by atoms with Crippen LogP contribution in [0.1, 0.15) is 0 Å². The Morgan fingerprint density at radius 1 is 1.70 bits per heavy atom. The minimum Gasteiger partial charge on any atom is -0.331 e. The summed E-state index contributed by atoms with van der Waals surface area (Å²) >= 11 is 0. The van der Waals surface area contributed by atoms with E-state index in [1.807, 2.05) is 0 Å². The quantitative estimate of drug-likeness (QED) is 0.399. The smallest absolute Gasteiger partial charge is 0.206 e. The molecule has 7 N–H and O–H groups in total. The summed E-state index contributed by atoms with van der Waals surface area (Å²) in [7, 11) is -2.70. The van der Waals surface area contributed by atoms with Crippen molar-refractivity contribution in [2.75, 3.05) is 5.09 Å². The maximum atomic E-state index is 7.10. The van der Waals surface area contributed by atoms with Gasteiger partial charge in [-0.3, -0.25) is 21.3 Å². The standard InChI is InChI=1S/C3H9N6P/c4-10(5,6)9-3-7-1-2-8-3/h1-2H,(H7,4,5,6,7,8,9). The van der Waals surface area contributed by atoms with E-state index >= 15 is 0 Å². The van der Waals surface area contributed by atoms with Crippen LogP contribution in [-0.4, -0.2) is 9.97 Å². The van der Waals surface area contributed by atoms with Crippen molar-refractivity contribution in [2.24, 2.45) is 11.0 Å². The Hall–Kier alpha value is -0.840. The van der Waals surface area contributed by atoms with Crippen molar-refractivity contribution in [2.45, 2.75) is 0 Å². The van der Waals surface area contributed by atoms with Crippen LogP contribution in [0.4, 0.5) is 5.95 Å². The highest BCUT2D eigenvalue weighted by molar-refractivity contribution is 7.61. The van der Waals surface area contributed by atoms with Gasteiger partial charge in [0.25, 0.3) is 0 Å². The van der Waals surface area contributed by atoms with E-state index in [1.165, 1.54) is 0 Å². The number of anilines is 1. The van der Waals surface area contributed by atoms with Crippen LogP contribution in [-0.2, 0) is 0 Å². The first kappa shape index (κ1) is 7.27. The third-order valence-electron chi connectivity index (χ3n) is 0.789. The van der Waals surface area contributed by atoms with E-state index in [4.69, 9.17) is 16.2 Å². The Morgan fingerprint density at radius 3 is 2.80 bits per heavy atom. The van der Waals surface area contributed by atoms with E-state index in [-0.39, 0.29) is 0 Å². The van der Waals surface area contributed by atoms with Crippen LogP contribution >= 0.6 is 7.51 Å². The van der Waals surface area contributed by atoms with E-state index in [0.29, 0.717) is 5.95 Å². The van der Waals surface area contributed by atoms with Gasteiger partial charge in [0.1, 0.15) is 0 Å². The largest absolute Gasteiger partial charge is 0.331 e. The minimum absolute atomic E-state index is 0.438. The van der Waals surface area contributed by atoms with Gasteiger partial charge in [0.2, 0.25) is 5.95 Å². The molecule has 0 saturated carbocycles. The van der Waals surface area contributed by atoms with Crippen LogP contribution in [0, 0.1) is 5.16 Å². The average molecular weight is 160 g/mol. The first-order valence-electron chi connectivity index (χ1n) is 2.57. The number of nitrogens with two attached hydrogens (primary N) is 2. The van der Waals surface area contributed by atoms with Gasteiger partial charge < -0.3 is 4.98 Å². The number of aromatic amines is 1. The maximum absolute atomic E-state index is 7.10. The van der Waals surface area contributed by atoms with Crippen molar-refractivity contribution < 1.29 is 0 Å². The Morgan fingerprint density at radius 2 is 2.40 bits per heavy atom. The monoisotopic (exact) mass is 160 g/mol. The predicted molar refractivity (Wildman–Crippen MR) is 40.2 cm³/mol. The molecule has 1 aromatic rings. The lowest BCUT2D eigenvalue weighted by Gasteiger charge is -2.09. The van der Waals surface area contributed by atoms with Gasteiger partial charge in [-0.25, -0.2) is 4.98 Å². The zero-order valence-corrected chi connectivity index (χ0v) is 6.10. The van der Waals surface area contributed by atoms with Crippen LogP contribution in [0.25, 0.3) is 0 Å². The molecule has 0 aromatic carbocycles. The number of rotatable bonds is 2. The Labute approximate surface area is 58.0 Å². The van der Waals surface area contributed by atoms with E-state index in [9.17, 15) is 0 Å². The predicted octanol–water partition coefficient (Wildman–Crippen LogP) is 0.264. The summed E-state index contributed by atoms with van der Waals surface area (Å²) in [4.78, 5) is 6.50. The molecule has 7 heteroatoms. The van der Waals surface area contributed by atoms with Gasteiger partial charge in [0.15, 0.2) is 7.51 Å². The third kappa shape index (κ3) is 2.18. The van der Waals surface area contributed by atoms with Crippen LogP contribution in [0.2, 0.25) is 0 Å². The molecule has 0 spiro atoms. The molecule has 1 aromatic heterocycles. The molecular formula is C3H9N6P. The van der Waals surface area contributed by atoms with E-state index in [0.717, 1.165) is 0 Å². The van der Waals surface area contributed by atoms with Crippen LogP contribution in [0.15, 0.2) is 12.4 Å². The lowest BCUT2D eigenvalue weighted by molar-refractivity contribution is 1.30. The zero-order chi connectivity index (χ0) is 7.61. The van der Waals surface area contributed by atoms with Gasteiger partial charge in [-0.1, -0.05) is 0 Å². The SMILES string of the molecule is N=P(N)(N)Nc1ncc[nH]1. The van der Waals surface area contributed by atoms with E-state index in [2.05, 4.69) is 15.1 Å². The van der Waals surface area contributed by atoms with Crippen molar-refractivity contribution in [3.05, 3.63) is 12.4 Å². The first-order valence-corrected chi connectivity index (χ1v) is 4.49. The topological polar surface area (TPSA) is 117 Å². The van der Waals surface area contributed by atoms with Gasteiger partial charge in [-0.05, 0) is 0 Å². The molecule has 0 aliphatic rings. The Balaban J connectivity index is 2.66. The third-order valence-corrected chi connectivity index (χ3v) is 1.37. The van der Waals surface area contributed by atoms with E-state index in [1.54, 1.807) is 12.4 Å². The average Bonchev–Trinajstić information content (AvgIpc) is 2.12. The summed E-state index contributed by atoms with van der Waals surface area (Å²) in [5, 5.41) is 9.63. The second-order valence-electron chi connectivity index (χ2n) is 1.83. The Bertz CT molecular complexity index is 234. The van der Waals surface area contributed by atoms with E-state index < -0.39 is 7.51 Å². The summed E-state index contributed by atoms with van der Waals surface area (Å²) in [6.07, 6.45) is 3.18. The molecule has 56 valence electrons. The van der Waals surface area contributed by atoms with Crippen LogP contribution < -0.4 is 16.1 Å². The lowest BCUT2D eigenvalue weighted by atomic mass is 11.0. The molecule has 0 bridgehead atoms. The van der Waals surface area contributed by atoms with Crippen LogP contribution in [0.3, 0.4) is 0 Å². The first-order chi connectivity index (χ1) is 4.58. The highest BCUT2D eigenvalue weighted by Gasteiger charge is 2.02. The fourth-order valence-corrected chi connectivity index (χ4v) is 0.974. The molecule has 0 atom stereocenters. The summed E-state index contributed by atoms with van der Waals surface area (Å²) in [6.45, 7) is 0. The van der Waals surface area contributed by atoms with Crippen molar-refractivity contribution in [1.29, 1.82) is 5.16 Å². The normalized spacial score (nSPS) is 11.4. The van der Waals surface area contributed by atoms with Gasteiger partial charge in [0.05, 0.1) is 0 Å². The van der Waals surface area contributed by atoms with Gasteiger partial charge in [0, 0.05) is 12.4 Å².